The molecule has 1 N–H and O–H groups in total. The molecule has 5 aromatic rings. The molecule has 0 fully saturated rings. The van der Waals surface area contributed by atoms with Gasteiger partial charge in [0.15, 0.2) is 5.69 Å². The number of carbonyl (C=O) groups is 1. The van der Waals surface area contributed by atoms with Crippen molar-refractivity contribution in [1.29, 1.82) is 0 Å². The highest BCUT2D eigenvalue weighted by Gasteiger charge is 2.19. The summed E-state index contributed by atoms with van der Waals surface area (Å²) in [5.41, 5.74) is 7.34. The van der Waals surface area contributed by atoms with Crippen LogP contribution in [-0.4, -0.2) is 15.7 Å². The predicted octanol–water partition coefficient (Wildman–Crippen LogP) is 6.87. The van der Waals surface area contributed by atoms with E-state index in [9.17, 15) is 4.79 Å². The number of carbonyl (C=O) groups excluding carboxylic acids is 1. The molecule has 33 heavy (non-hydrogen) atoms. The summed E-state index contributed by atoms with van der Waals surface area (Å²) in [4.78, 5) is 13.2. The number of amides is 1. The maximum absolute atomic E-state index is 13.2. The highest BCUT2D eigenvalue weighted by Crippen LogP contribution is 2.31. The van der Waals surface area contributed by atoms with Crippen molar-refractivity contribution in [1.82, 2.24) is 9.78 Å². The number of hydrogen-bond acceptors (Lipinski definition) is 2. The van der Waals surface area contributed by atoms with Gasteiger partial charge < -0.3 is 5.32 Å². The van der Waals surface area contributed by atoms with E-state index < -0.39 is 0 Å². The molecule has 5 rings (SSSR count). The molecular weight excluding hydrogens is 406 g/mol. The molecule has 0 bridgehead atoms. The van der Waals surface area contributed by atoms with Crippen molar-refractivity contribution in [2.75, 3.05) is 5.32 Å². The van der Waals surface area contributed by atoms with Crippen LogP contribution in [0.5, 0.6) is 0 Å². The van der Waals surface area contributed by atoms with Crippen molar-refractivity contribution in [2.24, 2.45) is 0 Å². The van der Waals surface area contributed by atoms with Crippen LogP contribution < -0.4 is 5.32 Å². The molecule has 0 unspecified atom stereocenters. The third-order valence-electron chi connectivity index (χ3n) is 5.92. The summed E-state index contributed by atoms with van der Waals surface area (Å²) in [6.07, 6.45) is 0. The van der Waals surface area contributed by atoms with Gasteiger partial charge in [0.1, 0.15) is 0 Å². The molecule has 1 heterocycles. The lowest BCUT2D eigenvalue weighted by Gasteiger charge is -2.10. The van der Waals surface area contributed by atoms with Crippen molar-refractivity contribution in [3.05, 3.63) is 113 Å². The fraction of sp³-hybridized carbons (Fsp3) is 0.103. The third-order valence-corrected chi connectivity index (χ3v) is 5.92. The normalized spacial score (nSPS) is 11.0. The summed E-state index contributed by atoms with van der Waals surface area (Å²) >= 11 is 0. The molecule has 4 nitrogen and oxygen atoms in total. The lowest BCUT2D eigenvalue weighted by molar-refractivity contribution is 0.102. The number of anilines is 1. The maximum atomic E-state index is 13.2. The van der Waals surface area contributed by atoms with Crippen LogP contribution in [0.25, 0.3) is 27.7 Å². The van der Waals surface area contributed by atoms with Gasteiger partial charge in [0.2, 0.25) is 0 Å². The van der Waals surface area contributed by atoms with Crippen LogP contribution >= 0.6 is 0 Å². The number of nitrogens with zero attached hydrogens (tertiary/aromatic N) is 2. The second kappa shape index (κ2) is 8.40. The Kier molecular flexibility index (Phi) is 5.27. The first-order valence-corrected chi connectivity index (χ1v) is 11.0. The number of fused-ring (bicyclic) bond motifs is 1. The average Bonchev–Trinajstić information content (AvgIpc) is 3.26. The summed E-state index contributed by atoms with van der Waals surface area (Å²) in [5, 5.41) is 10.0. The zero-order valence-electron chi connectivity index (χ0n) is 19.0. The SMILES string of the molecule is Cc1ccc(-n2nc(C(=O)Nc3ccc(C)cc3C)cc2-c2cccc3ccccc23)cc1. The zero-order valence-corrected chi connectivity index (χ0v) is 19.0. The van der Waals surface area contributed by atoms with Crippen LogP contribution in [0.4, 0.5) is 5.69 Å². The molecule has 162 valence electrons. The van der Waals surface area contributed by atoms with E-state index in [2.05, 4.69) is 54.7 Å². The Bertz CT molecular complexity index is 1470. The molecule has 0 atom stereocenters. The predicted molar refractivity (Wildman–Crippen MR) is 135 cm³/mol. The highest BCUT2D eigenvalue weighted by atomic mass is 16.2. The largest absolute Gasteiger partial charge is 0.320 e. The van der Waals surface area contributed by atoms with Crippen LogP contribution in [0.3, 0.4) is 0 Å². The van der Waals surface area contributed by atoms with Crippen LogP contribution in [0, 0.1) is 20.8 Å². The number of aromatic nitrogens is 2. The van der Waals surface area contributed by atoms with E-state index in [0.29, 0.717) is 5.69 Å². The topological polar surface area (TPSA) is 46.9 Å². The van der Waals surface area contributed by atoms with E-state index in [1.54, 1.807) is 0 Å². The van der Waals surface area contributed by atoms with Crippen LogP contribution in [-0.2, 0) is 0 Å². The second-order valence-electron chi connectivity index (χ2n) is 8.46. The van der Waals surface area contributed by atoms with Crippen molar-refractivity contribution in [3.63, 3.8) is 0 Å². The van der Waals surface area contributed by atoms with Crippen molar-refractivity contribution >= 4 is 22.4 Å². The lowest BCUT2D eigenvalue weighted by atomic mass is 10.0. The Morgan fingerprint density at radius 1 is 0.788 bits per heavy atom. The number of nitrogens with one attached hydrogen (secondary N) is 1. The van der Waals surface area contributed by atoms with E-state index in [0.717, 1.165) is 44.5 Å². The molecule has 0 aliphatic carbocycles. The lowest BCUT2D eigenvalue weighted by Crippen LogP contribution is -2.14. The Morgan fingerprint density at radius 3 is 2.30 bits per heavy atom. The van der Waals surface area contributed by atoms with Crippen molar-refractivity contribution in [2.45, 2.75) is 20.8 Å². The summed E-state index contributed by atoms with van der Waals surface area (Å²) in [6, 6.07) is 30.5. The Morgan fingerprint density at radius 2 is 1.52 bits per heavy atom. The van der Waals surface area contributed by atoms with E-state index in [1.807, 2.05) is 67.1 Å². The van der Waals surface area contributed by atoms with Gasteiger partial charge in [-0.1, -0.05) is 77.9 Å². The Balaban J connectivity index is 1.63. The van der Waals surface area contributed by atoms with E-state index in [1.165, 1.54) is 5.56 Å². The maximum Gasteiger partial charge on any atom is 0.276 e. The molecule has 0 saturated carbocycles. The van der Waals surface area contributed by atoms with Crippen molar-refractivity contribution < 1.29 is 4.79 Å². The minimum Gasteiger partial charge on any atom is -0.320 e. The minimum atomic E-state index is -0.227. The standard InChI is InChI=1S/C29H25N3O/c1-19-11-14-23(15-12-19)32-28(25-10-6-8-22-7-4-5-9-24(22)25)18-27(31-32)29(33)30-26-16-13-20(2)17-21(26)3/h4-18H,1-3H3,(H,30,33). The van der Waals surface area contributed by atoms with E-state index in [-0.39, 0.29) is 5.91 Å². The fourth-order valence-electron chi connectivity index (χ4n) is 4.16. The van der Waals surface area contributed by atoms with Gasteiger partial charge >= 0.3 is 0 Å². The van der Waals surface area contributed by atoms with E-state index in [4.69, 9.17) is 5.10 Å². The third kappa shape index (κ3) is 4.03. The number of benzene rings is 4. The first-order valence-electron chi connectivity index (χ1n) is 11.0. The van der Waals surface area contributed by atoms with E-state index >= 15 is 0 Å². The molecule has 4 aromatic carbocycles. The summed E-state index contributed by atoms with van der Waals surface area (Å²) in [6.45, 7) is 6.09. The number of aryl methyl sites for hydroxylation is 3. The molecule has 0 saturated heterocycles. The molecule has 4 heteroatoms. The smallest absolute Gasteiger partial charge is 0.276 e. The summed E-state index contributed by atoms with van der Waals surface area (Å²) in [5.74, 6) is -0.227. The van der Waals surface area contributed by atoms with Crippen LogP contribution in [0.1, 0.15) is 27.2 Å². The van der Waals surface area contributed by atoms with Gasteiger partial charge in [0.05, 0.1) is 11.4 Å². The number of rotatable bonds is 4. The number of hydrogen-bond donors (Lipinski definition) is 1. The van der Waals surface area contributed by atoms with Gasteiger partial charge in [-0.15, -0.1) is 0 Å². The van der Waals surface area contributed by atoms with Gasteiger partial charge in [0, 0.05) is 11.3 Å². The highest BCUT2D eigenvalue weighted by molar-refractivity contribution is 6.05. The quantitative estimate of drug-likeness (QED) is 0.337. The second-order valence-corrected chi connectivity index (χ2v) is 8.46. The average molecular weight is 432 g/mol. The van der Waals surface area contributed by atoms with Gasteiger partial charge in [-0.3, -0.25) is 4.79 Å². The monoisotopic (exact) mass is 431 g/mol. The molecule has 0 radical (unpaired) electrons. The molecule has 0 aliphatic rings. The van der Waals surface area contributed by atoms with Gasteiger partial charge in [0.25, 0.3) is 5.91 Å². The zero-order chi connectivity index (χ0) is 22.9. The van der Waals surface area contributed by atoms with Crippen LogP contribution in [0.15, 0.2) is 91.0 Å². The Labute approximate surface area is 193 Å². The van der Waals surface area contributed by atoms with Gasteiger partial charge in [-0.25, -0.2) is 4.68 Å². The minimum absolute atomic E-state index is 0.227. The van der Waals surface area contributed by atoms with Gasteiger partial charge in [-0.2, -0.15) is 5.10 Å². The molecule has 1 amide bonds. The molecule has 0 spiro atoms. The molecular formula is C29H25N3O. The van der Waals surface area contributed by atoms with Crippen LogP contribution in [0.2, 0.25) is 0 Å². The van der Waals surface area contributed by atoms with Crippen molar-refractivity contribution in [3.8, 4) is 16.9 Å². The molecule has 1 aromatic heterocycles. The summed E-state index contributed by atoms with van der Waals surface area (Å²) in [7, 11) is 0. The van der Waals surface area contributed by atoms with Gasteiger partial charge in [-0.05, 0) is 61.4 Å². The summed E-state index contributed by atoms with van der Waals surface area (Å²) < 4.78 is 1.86. The first kappa shape index (κ1) is 20.7. The first-order chi connectivity index (χ1) is 16.0. The molecule has 0 aliphatic heterocycles. The fourth-order valence-corrected chi connectivity index (χ4v) is 4.16. The Hall–Kier alpha value is -4.18.